The van der Waals surface area contributed by atoms with Crippen molar-refractivity contribution in [2.45, 2.75) is 19.5 Å². The molecule has 4 nitrogen and oxygen atoms in total. The lowest BCUT2D eigenvalue weighted by Gasteiger charge is -2.13. The summed E-state index contributed by atoms with van der Waals surface area (Å²) in [6.45, 7) is 2.01. The summed E-state index contributed by atoms with van der Waals surface area (Å²) >= 11 is 0. The third-order valence-electron chi connectivity index (χ3n) is 2.46. The van der Waals surface area contributed by atoms with Crippen molar-refractivity contribution in [1.29, 1.82) is 0 Å². The second kappa shape index (κ2) is 6.15. The predicted octanol–water partition coefficient (Wildman–Crippen LogP) is 1.36. The van der Waals surface area contributed by atoms with E-state index in [2.05, 4.69) is 5.32 Å². The van der Waals surface area contributed by atoms with Crippen LogP contribution in [-0.4, -0.2) is 33.6 Å². The molecule has 1 atom stereocenters. The maximum atomic E-state index is 13.8. The molecule has 0 unspecified atom stereocenters. The van der Waals surface area contributed by atoms with Crippen LogP contribution in [-0.2, 0) is 16.4 Å². The molecule has 1 aromatic carbocycles. The van der Waals surface area contributed by atoms with Gasteiger partial charge in [0.15, 0.2) is 11.6 Å². The molecule has 0 saturated heterocycles. The van der Waals surface area contributed by atoms with Crippen LogP contribution in [0.25, 0.3) is 0 Å². The summed E-state index contributed by atoms with van der Waals surface area (Å²) in [7, 11) is -1.63. The lowest BCUT2D eigenvalue weighted by Crippen LogP contribution is -2.32. The molecule has 1 N–H and O–H groups in total. The Balaban J connectivity index is 2.64. The number of benzene rings is 1. The Morgan fingerprint density at radius 2 is 2.11 bits per heavy atom. The van der Waals surface area contributed by atoms with Gasteiger partial charge >= 0.3 is 0 Å². The van der Waals surface area contributed by atoms with Gasteiger partial charge in [-0.15, -0.1) is 0 Å². The van der Waals surface area contributed by atoms with E-state index in [0.29, 0.717) is 5.56 Å². The Bertz CT molecular complexity index is 502. The van der Waals surface area contributed by atoms with Gasteiger partial charge in [-0.25, -0.2) is 12.8 Å². The molecule has 0 bridgehead atoms. The van der Waals surface area contributed by atoms with Gasteiger partial charge in [-0.3, -0.25) is 0 Å². The van der Waals surface area contributed by atoms with Crippen molar-refractivity contribution in [1.82, 2.24) is 5.32 Å². The first-order valence-electron chi connectivity index (χ1n) is 5.56. The lowest BCUT2D eigenvalue weighted by molar-refractivity contribution is 0.383. The van der Waals surface area contributed by atoms with Crippen molar-refractivity contribution in [3.63, 3.8) is 0 Å². The summed E-state index contributed by atoms with van der Waals surface area (Å²) in [4.78, 5) is 0. The monoisotopic (exact) mass is 275 g/mol. The zero-order valence-corrected chi connectivity index (χ0v) is 11.6. The second-order valence-corrected chi connectivity index (χ2v) is 6.49. The van der Waals surface area contributed by atoms with Crippen molar-refractivity contribution in [2.75, 3.05) is 19.1 Å². The SMILES string of the molecule is COc1cccc(CN[C@@H](C)CS(C)(=O)=O)c1F. The maximum Gasteiger partial charge on any atom is 0.169 e. The van der Waals surface area contributed by atoms with E-state index in [4.69, 9.17) is 4.74 Å². The zero-order valence-electron chi connectivity index (χ0n) is 10.7. The Hall–Kier alpha value is -1.14. The number of hydrogen-bond acceptors (Lipinski definition) is 4. The molecule has 0 radical (unpaired) electrons. The molecule has 1 rings (SSSR count). The van der Waals surface area contributed by atoms with Gasteiger partial charge < -0.3 is 10.1 Å². The molecular formula is C12H18FNO3S. The van der Waals surface area contributed by atoms with Crippen LogP contribution in [0.5, 0.6) is 5.75 Å². The topological polar surface area (TPSA) is 55.4 Å². The average molecular weight is 275 g/mol. The van der Waals surface area contributed by atoms with Crippen LogP contribution in [0.1, 0.15) is 12.5 Å². The number of rotatable bonds is 6. The van der Waals surface area contributed by atoms with Crippen molar-refractivity contribution < 1.29 is 17.5 Å². The third-order valence-corrected chi connectivity index (χ3v) is 3.56. The molecule has 1 aromatic rings. The fraction of sp³-hybridized carbons (Fsp3) is 0.500. The van der Waals surface area contributed by atoms with Crippen molar-refractivity contribution in [3.8, 4) is 5.75 Å². The molecule has 0 aliphatic rings. The minimum atomic E-state index is -3.03. The highest BCUT2D eigenvalue weighted by Gasteiger charge is 2.12. The van der Waals surface area contributed by atoms with E-state index < -0.39 is 15.7 Å². The van der Waals surface area contributed by atoms with Crippen molar-refractivity contribution >= 4 is 9.84 Å². The number of halogens is 1. The van der Waals surface area contributed by atoms with Crippen LogP contribution in [0, 0.1) is 5.82 Å². The third kappa shape index (κ3) is 4.62. The van der Waals surface area contributed by atoms with Gasteiger partial charge in [0.25, 0.3) is 0 Å². The zero-order chi connectivity index (χ0) is 13.8. The first-order chi connectivity index (χ1) is 8.33. The molecule has 0 amide bonds. The molecule has 6 heteroatoms. The maximum absolute atomic E-state index is 13.8. The largest absolute Gasteiger partial charge is 0.494 e. The minimum absolute atomic E-state index is 0.0264. The van der Waals surface area contributed by atoms with E-state index in [1.54, 1.807) is 25.1 Å². The first kappa shape index (κ1) is 14.9. The highest BCUT2D eigenvalue weighted by molar-refractivity contribution is 7.90. The van der Waals surface area contributed by atoms with Crippen LogP contribution in [0.2, 0.25) is 0 Å². The Morgan fingerprint density at radius 3 is 2.67 bits per heavy atom. The normalized spacial score (nSPS) is 13.3. The Morgan fingerprint density at radius 1 is 1.44 bits per heavy atom. The van der Waals surface area contributed by atoms with Crippen LogP contribution in [0.3, 0.4) is 0 Å². The van der Waals surface area contributed by atoms with E-state index >= 15 is 0 Å². The van der Waals surface area contributed by atoms with Gasteiger partial charge in [-0.1, -0.05) is 12.1 Å². The Labute approximate surface area is 107 Å². The van der Waals surface area contributed by atoms with Gasteiger partial charge in [-0.05, 0) is 13.0 Å². The molecular weight excluding hydrogens is 257 g/mol. The summed E-state index contributed by atoms with van der Waals surface area (Å²) in [5, 5.41) is 2.97. The molecule has 0 spiro atoms. The number of nitrogens with one attached hydrogen (secondary N) is 1. The second-order valence-electron chi connectivity index (χ2n) is 4.31. The summed E-state index contributed by atoms with van der Waals surface area (Å²) in [6, 6.07) is 4.64. The standard InChI is InChI=1S/C12H18FNO3S/c1-9(8-18(3,15)16)14-7-10-5-4-6-11(17-2)12(10)13/h4-6,9,14H,7-8H2,1-3H3/t9-/m0/s1. The number of hydrogen-bond donors (Lipinski definition) is 1. The van der Waals surface area contributed by atoms with Gasteiger partial charge in [-0.2, -0.15) is 0 Å². The smallest absolute Gasteiger partial charge is 0.169 e. The predicted molar refractivity (Wildman–Crippen MR) is 69.0 cm³/mol. The van der Waals surface area contributed by atoms with Crippen molar-refractivity contribution in [3.05, 3.63) is 29.6 Å². The molecule has 18 heavy (non-hydrogen) atoms. The molecule has 0 heterocycles. The van der Waals surface area contributed by atoms with E-state index in [1.807, 2.05) is 0 Å². The molecule has 0 saturated carbocycles. The van der Waals surface area contributed by atoms with Crippen LogP contribution in [0.4, 0.5) is 4.39 Å². The van der Waals surface area contributed by atoms with Gasteiger partial charge in [0, 0.05) is 24.4 Å². The quantitative estimate of drug-likeness (QED) is 0.851. The van der Waals surface area contributed by atoms with Crippen LogP contribution >= 0.6 is 0 Å². The highest BCUT2D eigenvalue weighted by Crippen LogP contribution is 2.19. The molecule has 0 aliphatic carbocycles. The lowest BCUT2D eigenvalue weighted by atomic mass is 10.2. The van der Waals surface area contributed by atoms with Crippen LogP contribution in [0.15, 0.2) is 18.2 Å². The molecule has 0 aromatic heterocycles. The number of methoxy groups -OCH3 is 1. The number of sulfone groups is 1. The molecule has 102 valence electrons. The van der Waals surface area contributed by atoms with E-state index in [-0.39, 0.29) is 24.1 Å². The summed E-state index contributed by atoms with van der Waals surface area (Å²) in [5.74, 6) is -0.206. The number of ether oxygens (including phenoxy) is 1. The van der Waals surface area contributed by atoms with E-state index in [1.165, 1.54) is 13.4 Å². The summed E-state index contributed by atoms with van der Waals surface area (Å²) in [5.41, 5.74) is 0.453. The van der Waals surface area contributed by atoms with Gasteiger partial charge in [0.2, 0.25) is 0 Å². The van der Waals surface area contributed by atoms with E-state index in [0.717, 1.165) is 0 Å². The Kier molecular flexibility index (Phi) is 5.10. The summed E-state index contributed by atoms with van der Waals surface area (Å²) < 4.78 is 40.8. The first-order valence-corrected chi connectivity index (χ1v) is 7.62. The summed E-state index contributed by atoms with van der Waals surface area (Å²) in [6.07, 6.45) is 1.18. The highest BCUT2D eigenvalue weighted by atomic mass is 32.2. The average Bonchev–Trinajstić information content (AvgIpc) is 2.25. The minimum Gasteiger partial charge on any atom is -0.494 e. The van der Waals surface area contributed by atoms with Crippen LogP contribution < -0.4 is 10.1 Å². The van der Waals surface area contributed by atoms with Crippen molar-refractivity contribution in [2.24, 2.45) is 0 Å². The van der Waals surface area contributed by atoms with Gasteiger partial charge in [0.1, 0.15) is 9.84 Å². The fourth-order valence-electron chi connectivity index (χ4n) is 1.65. The molecule has 0 fully saturated rings. The molecule has 0 aliphatic heterocycles. The van der Waals surface area contributed by atoms with Gasteiger partial charge in [0.05, 0.1) is 12.9 Å². The fourth-order valence-corrected chi connectivity index (χ4v) is 2.67. The van der Waals surface area contributed by atoms with E-state index in [9.17, 15) is 12.8 Å².